The van der Waals surface area contributed by atoms with Crippen molar-refractivity contribution in [1.29, 1.82) is 0 Å². The second kappa shape index (κ2) is 6.70. The van der Waals surface area contributed by atoms with Crippen molar-refractivity contribution in [2.75, 3.05) is 13.7 Å². The third kappa shape index (κ3) is 3.48. The highest BCUT2D eigenvalue weighted by Gasteiger charge is 2.28. The largest absolute Gasteiger partial charge is 0.494 e. The standard InChI is InChI=1S/C15H20FNO3/c1-10-12(4-3-7-20-10)15(18)17-9-11-5-6-14(19-2)13(16)8-11/h5-6,8,10,12H,3-4,7,9H2,1-2H3,(H,17,18)/t10-,12-/m0/s1. The molecule has 110 valence electrons. The molecule has 1 saturated heterocycles. The van der Waals surface area contributed by atoms with E-state index in [1.807, 2.05) is 6.92 Å². The molecule has 1 aliphatic rings. The van der Waals surface area contributed by atoms with E-state index in [1.165, 1.54) is 13.2 Å². The number of nitrogens with one attached hydrogen (secondary N) is 1. The molecular weight excluding hydrogens is 261 g/mol. The van der Waals surface area contributed by atoms with Crippen molar-refractivity contribution < 1.29 is 18.7 Å². The first-order valence-corrected chi connectivity index (χ1v) is 6.83. The van der Waals surface area contributed by atoms with Gasteiger partial charge < -0.3 is 14.8 Å². The lowest BCUT2D eigenvalue weighted by molar-refractivity contribution is -0.133. The molecule has 1 aromatic carbocycles. The third-order valence-electron chi connectivity index (χ3n) is 3.63. The van der Waals surface area contributed by atoms with Gasteiger partial charge in [0.15, 0.2) is 11.6 Å². The minimum atomic E-state index is -0.423. The maximum absolute atomic E-state index is 13.5. The molecule has 2 rings (SSSR count). The SMILES string of the molecule is COc1ccc(CNC(=O)[C@H]2CCCO[C@H]2C)cc1F. The summed E-state index contributed by atoms with van der Waals surface area (Å²) in [6, 6.07) is 4.67. The van der Waals surface area contributed by atoms with Crippen molar-refractivity contribution in [3.8, 4) is 5.75 Å². The fraction of sp³-hybridized carbons (Fsp3) is 0.533. The van der Waals surface area contributed by atoms with Crippen LogP contribution in [0, 0.1) is 11.7 Å². The zero-order chi connectivity index (χ0) is 14.5. The van der Waals surface area contributed by atoms with Crippen LogP contribution in [0.25, 0.3) is 0 Å². The molecule has 1 fully saturated rings. The molecule has 1 N–H and O–H groups in total. The first-order valence-electron chi connectivity index (χ1n) is 6.83. The highest BCUT2D eigenvalue weighted by atomic mass is 19.1. The van der Waals surface area contributed by atoms with E-state index in [2.05, 4.69) is 5.32 Å². The Morgan fingerprint density at radius 3 is 3.00 bits per heavy atom. The number of methoxy groups -OCH3 is 1. The van der Waals surface area contributed by atoms with Crippen molar-refractivity contribution in [3.05, 3.63) is 29.6 Å². The van der Waals surface area contributed by atoms with Gasteiger partial charge in [0.2, 0.25) is 5.91 Å². The molecule has 0 aromatic heterocycles. The zero-order valence-electron chi connectivity index (χ0n) is 11.8. The average molecular weight is 281 g/mol. The Morgan fingerprint density at radius 2 is 2.35 bits per heavy atom. The highest BCUT2D eigenvalue weighted by molar-refractivity contribution is 5.79. The second-order valence-electron chi connectivity index (χ2n) is 5.01. The van der Waals surface area contributed by atoms with Crippen LogP contribution in [-0.4, -0.2) is 25.7 Å². The number of amides is 1. The Kier molecular flexibility index (Phi) is 4.95. The van der Waals surface area contributed by atoms with Crippen LogP contribution in [0.2, 0.25) is 0 Å². The lowest BCUT2D eigenvalue weighted by atomic mass is 9.94. The Balaban J connectivity index is 1.91. The van der Waals surface area contributed by atoms with Gasteiger partial charge in [0, 0.05) is 13.2 Å². The number of halogens is 1. The van der Waals surface area contributed by atoms with E-state index in [1.54, 1.807) is 12.1 Å². The number of ether oxygens (including phenoxy) is 2. The number of carbonyl (C=O) groups is 1. The van der Waals surface area contributed by atoms with Crippen LogP contribution in [0.15, 0.2) is 18.2 Å². The van der Waals surface area contributed by atoms with Crippen molar-refractivity contribution in [1.82, 2.24) is 5.32 Å². The number of hydrogen-bond donors (Lipinski definition) is 1. The van der Waals surface area contributed by atoms with Crippen LogP contribution >= 0.6 is 0 Å². The van der Waals surface area contributed by atoms with Crippen molar-refractivity contribution in [2.45, 2.75) is 32.4 Å². The molecule has 0 unspecified atom stereocenters. The van der Waals surface area contributed by atoms with E-state index in [0.29, 0.717) is 18.7 Å². The molecule has 1 heterocycles. The van der Waals surface area contributed by atoms with Crippen LogP contribution in [0.4, 0.5) is 4.39 Å². The van der Waals surface area contributed by atoms with E-state index in [9.17, 15) is 9.18 Å². The number of carbonyl (C=O) groups excluding carboxylic acids is 1. The Labute approximate surface area is 118 Å². The molecule has 0 saturated carbocycles. The minimum Gasteiger partial charge on any atom is -0.494 e. The summed E-state index contributed by atoms with van der Waals surface area (Å²) >= 11 is 0. The van der Waals surface area contributed by atoms with E-state index >= 15 is 0 Å². The smallest absolute Gasteiger partial charge is 0.225 e. The molecule has 0 radical (unpaired) electrons. The molecule has 0 bridgehead atoms. The monoisotopic (exact) mass is 281 g/mol. The summed E-state index contributed by atoms with van der Waals surface area (Å²) in [5.41, 5.74) is 0.709. The molecule has 1 aliphatic heterocycles. The van der Waals surface area contributed by atoms with Gasteiger partial charge in [-0.3, -0.25) is 4.79 Å². The third-order valence-corrected chi connectivity index (χ3v) is 3.63. The maximum atomic E-state index is 13.5. The lowest BCUT2D eigenvalue weighted by Gasteiger charge is -2.28. The van der Waals surface area contributed by atoms with Crippen LogP contribution in [0.1, 0.15) is 25.3 Å². The maximum Gasteiger partial charge on any atom is 0.225 e. The van der Waals surface area contributed by atoms with Gasteiger partial charge in [-0.05, 0) is 37.5 Å². The average Bonchev–Trinajstić information content (AvgIpc) is 2.45. The first kappa shape index (κ1) is 14.8. The van der Waals surface area contributed by atoms with Crippen LogP contribution < -0.4 is 10.1 Å². The van der Waals surface area contributed by atoms with Crippen molar-refractivity contribution in [3.63, 3.8) is 0 Å². The summed E-state index contributed by atoms with van der Waals surface area (Å²) in [6.07, 6.45) is 1.68. The topological polar surface area (TPSA) is 47.6 Å². The number of hydrogen-bond acceptors (Lipinski definition) is 3. The summed E-state index contributed by atoms with van der Waals surface area (Å²) in [6.45, 7) is 2.94. The fourth-order valence-corrected chi connectivity index (χ4v) is 2.41. The van der Waals surface area contributed by atoms with Crippen molar-refractivity contribution >= 4 is 5.91 Å². The quantitative estimate of drug-likeness (QED) is 0.921. The van der Waals surface area contributed by atoms with Gasteiger partial charge >= 0.3 is 0 Å². The van der Waals surface area contributed by atoms with Crippen molar-refractivity contribution in [2.24, 2.45) is 5.92 Å². The fourth-order valence-electron chi connectivity index (χ4n) is 2.41. The lowest BCUT2D eigenvalue weighted by Crippen LogP contribution is -2.39. The van der Waals surface area contributed by atoms with Gasteiger partial charge in [-0.25, -0.2) is 4.39 Å². The predicted molar refractivity (Wildman–Crippen MR) is 72.9 cm³/mol. The van der Waals surface area contributed by atoms with Gasteiger partial charge in [0.25, 0.3) is 0 Å². The Morgan fingerprint density at radius 1 is 1.55 bits per heavy atom. The van der Waals surface area contributed by atoms with Gasteiger partial charge in [0.05, 0.1) is 19.1 Å². The molecule has 4 nitrogen and oxygen atoms in total. The second-order valence-corrected chi connectivity index (χ2v) is 5.01. The van der Waals surface area contributed by atoms with Gasteiger partial charge in [0.1, 0.15) is 0 Å². The summed E-state index contributed by atoms with van der Waals surface area (Å²) < 4.78 is 23.9. The molecule has 20 heavy (non-hydrogen) atoms. The van der Waals surface area contributed by atoms with E-state index in [0.717, 1.165) is 12.8 Å². The molecule has 1 aromatic rings. The van der Waals surface area contributed by atoms with E-state index in [-0.39, 0.29) is 23.7 Å². The summed E-state index contributed by atoms with van der Waals surface area (Å²) in [5, 5.41) is 2.84. The van der Waals surface area contributed by atoms with Gasteiger partial charge in [-0.1, -0.05) is 6.07 Å². The number of benzene rings is 1. The normalized spacial score (nSPS) is 22.4. The van der Waals surface area contributed by atoms with Gasteiger partial charge in [-0.15, -0.1) is 0 Å². The summed E-state index contributed by atoms with van der Waals surface area (Å²) in [7, 11) is 1.42. The molecule has 5 heteroatoms. The van der Waals surface area contributed by atoms with Gasteiger partial charge in [-0.2, -0.15) is 0 Å². The molecule has 2 atom stereocenters. The molecule has 0 spiro atoms. The zero-order valence-corrected chi connectivity index (χ0v) is 11.8. The van der Waals surface area contributed by atoms with Crippen LogP contribution in [0.3, 0.4) is 0 Å². The van der Waals surface area contributed by atoms with Crippen LogP contribution in [-0.2, 0) is 16.1 Å². The first-order chi connectivity index (χ1) is 9.61. The predicted octanol–water partition coefficient (Wildman–Crippen LogP) is 2.27. The molecular formula is C15H20FNO3. The van der Waals surface area contributed by atoms with E-state index in [4.69, 9.17) is 9.47 Å². The molecule has 1 amide bonds. The number of rotatable bonds is 4. The van der Waals surface area contributed by atoms with Crippen LogP contribution in [0.5, 0.6) is 5.75 Å². The highest BCUT2D eigenvalue weighted by Crippen LogP contribution is 2.21. The van der Waals surface area contributed by atoms with E-state index < -0.39 is 5.82 Å². The Bertz CT molecular complexity index is 478. The summed E-state index contributed by atoms with van der Waals surface area (Å²) in [4.78, 5) is 12.1. The minimum absolute atomic E-state index is 0.0339. The Hall–Kier alpha value is -1.62. The summed E-state index contributed by atoms with van der Waals surface area (Å²) in [5.74, 6) is -0.372. The molecule has 0 aliphatic carbocycles.